The molecular weight excluding hydrogens is 566 g/mol. The number of likely N-dealkylation sites (tertiary alicyclic amines) is 2. The van der Waals surface area contributed by atoms with Crippen molar-refractivity contribution in [2.24, 2.45) is 0 Å². The maximum atomic E-state index is 12.5. The van der Waals surface area contributed by atoms with Gasteiger partial charge < -0.3 is 40.8 Å². The molecule has 2 aromatic carbocycles. The first kappa shape index (κ1) is 31.9. The number of hydrogen-bond donors (Lipinski definition) is 4. The highest BCUT2D eigenvalue weighted by molar-refractivity contribution is 6.02. The Hall–Kier alpha value is -4.48. The molecule has 0 atom stereocenters. The molecule has 0 radical (unpaired) electrons. The van der Waals surface area contributed by atoms with Crippen LogP contribution in [0.2, 0.25) is 0 Å². The van der Waals surface area contributed by atoms with Crippen LogP contribution in [-0.4, -0.2) is 98.4 Å². The first-order valence-electron chi connectivity index (χ1n) is 15.6. The number of nitrogens with one attached hydrogen (secondary N) is 4. The van der Waals surface area contributed by atoms with E-state index in [0.29, 0.717) is 40.7 Å². The average molecular weight is 612 g/mol. The van der Waals surface area contributed by atoms with Gasteiger partial charge in [-0.2, -0.15) is 0 Å². The van der Waals surface area contributed by atoms with Gasteiger partial charge in [-0.3, -0.25) is 4.79 Å². The molecule has 0 bridgehead atoms. The Balaban J connectivity index is 1.38. The summed E-state index contributed by atoms with van der Waals surface area (Å²) in [5, 5.41) is 17.3. The second-order valence-corrected chi connectivity index (χ2v) is 11.8. The van der Waals surface area contributed by atoms with Gasteiger partial charge in [0.25, 0.3) is 0 Å². The molecule has 45 heavy (non-hydrogen) atoms. The number of hydrogen-bond acceptors (Lipinski definition) is 10. The molecule has 2 saturated heterocycles. The van der Waals surface area contributed by atoms with Crippen molar-refractivity contribution in [3.8, 4) is 17.0 Å². The fourth-order valence-corrected chi connectivity index (χ4v) is 6.40. The second kappa shape index (κ2) is 14.5. The van der Waals surface area contributed by atoms with E-state index in [9.17, 15) is 4.79 Å². The summed E-state index contributed by atoms with van der Waals surface area (Å²) in [6.45, 7) is 8.14. The Morgan fingerprint density at radius 3 is 2.47 bits per heavy atom. The third-order valence-electron chi connectivity index (χ3n) is 9.09. The standard InChI is InChI=1S/C34H45N9O2/c1-6-34(44)40-29-18-30(39-33-19-28(37-22-38-33)23-7-8-27(36-2)24(17-23)21-35)32(45-5)20-31(29)42(4)25-11-15-43(16-12-25)26-9-13-41(3)14-10-26/h6-8,17-22,25-26,35-36H,1,9-16H2,2-5H3,(H,40,44)(H,37,38,39). The topological polar surface area (TPSA) is 122 Å². The molecule has 11 heteroatoms. The number of carbonyl (C=O) groups excluding carboxylic acids is 1. The van der Waals surface area contributed by atoms with Crippen molar-refractivity contribution in [3.63, 3.8) is 0 Å². The molecule has 1 aromatic heterocycles. The molecule has 0 spiro atoms. The van der Waals surface area contributed by atoms with E-state index in [2.05, 4.69) is 61.3 Å². The molecule has 11 nitrogen and oxygen atoms in total. The Labute approximate surface area is 266 Å². The Bertz CT molecular complexity index is 1510. The minimum Gasteiger partial charge on any atom is -0.494 e. The summed E-state index contributed by atoms with van der Waals surface area (Å²) in [4.78, 5) is 28.8. The number of amides is 1. The SMILES string of the molecule is C=CC(=O)Nc1cc(Nc2cc(-c3ccc(NC)c(C=N)c3)ncn2)c(OC)cc1N(C)C1CCN(C2CCN(C)CC2)CC1. The van der Waals surface area contributed by atoms with E-state index < -0.39 is 0 Å². The quantitative estimate of drug-likeness (QED) is 0.174. The average Bonchev–Trinajstić information content (AvgIpc) is 3.08. The fourth-order valence-electron chi connectivity index (χ4n) is 6.40. The van der Waals surface area contributed by atoms with Gasteiger partial charge >= 0.3 is 0 Å². The Morgan fingerprint density at radius 2 is 1.80 bits per heavy atom. The zero-order valence-electron chi connectivity index (χ0n) is 26.8. The van der Waals surface area contributed by atoms with Crippen LogP contribution in [0.1, 0.15) is 31.2 Å². The highest BCUT2D eigenvalue weighted by Gasteiger charge is 2.30. The largest absolute Gasteiger partial charge is 0.494 e. The Kier molecular flexibility index (Phi) is 10.3. The minimum atomic E-state index is -0.283. The van der Waals surface area contributed by atoms with Gasteiger partial charge in [0.05, 0.1) is 29.9 Å². The van der Waals surface area contributed by atoms with Crippen molar-refractivity contribution in [3.05, 3.63) is 60.9 Å². The summed E-state index contributed by atoms with van der Waals surface area (Å²) < 4.78 is 5.85. The van der Waals surface area contributed by atoms with Crippen LogP contribution < -0.4 is 25.6 Å². The van der Waals surface area contributed by atoms with Crippen molar-refractivity contribution in [2.45, 2.75) is 37.8 Å². The molecule has 2 fully saturated rings. The van der Waals surface area contributed by atoms with Gasteiger partial charge in [0, 0.05) is 74.4 Å². The number of piperidine rings is 2. The van der Waals surface area contributed by atoms with Crippen LogP contribution >= 0.6 is 0 Å². The lowest BCUT2D eigenvalue weighted by Gasteiger charge is -2.43. The van der Waals surface area contributed by atoms with Gasteiger partial charge in [-0.1, -0.05) is 12.6 Å². The van der Waals surface area contributed by atoms with Gasteiger partial charge in [0.1, 0.15) is 17.9 Å². The van der Waals surface area contributed by atoms with Crippen molar-refractivity contribution in [1.82, 2.24) is 19.8 Å². The van der Waals surface area contributed by atoms with Crippen LogP contribution in [-0.2, 0) is 4.79 Å². The molecule has 5 rings (SSSR count). The zero-order chi connectivity index (χ0) is 31.9. The van der Waals surface area contributed by atoms with E-state index in [-0.39, 0.29) is 5.91 Å². The Morgan fingerprint density at radius 1 is 1.04 bits per heavy atom. The monoisotopic (exact) mass is 611 g/mol. The number of anilines is 5. The summed E-state index contributed by atoms with van der Waals surface area (Å²) in [5.41, 5.74) is 5.41. The third-order valence-corrected chi connectivity index (χ3v) is 9.09. The summed E-state index contributed by atoms with van der Waals surface area (Å²) in [6, 6.07) is 12.5. The highest BCUT2D eigenvalue weighted by atomic mass is 16.5. The molecule has 0 saturated carbocycles. The molecule has 2 aliphatic heterocycles. The van der Waals surface area contributed by atoms with Crippen molar-refractivity contribution >= 4 is 40.7 Å². The summed E-state index contributed by atoms with van der Waals surface area (Å²) >= 11 is 0. The molecule has 4 N–H and O–H groups in total. The molecule has 0 unspecified atom stereocenters. The molecule has 3 heterocycles. The molecule has 3 aromatic rings. The number of ether oxygens (including phenoxy) is 1. The van der Waals surface area contributed by atoms with Gasteiger partial charge in [0.15, 0.2) is 0 Å². The van der Waals surface area contributed by atoms with Crippen LogP contribution in [0.25, 0.3) is 11.3 Å². The first-order valence-corrected chi connectivity index (χ1v) is 15.6. The lowest BCUT2D eigenvalue weighted by atomic mass is 9.97. The summed E-state index contributed by atoms with van der Waals surface area (Å²) in [7, 11) is 7.77. The molecule has 238 valence electrons. The fraction of sp³-hybridized carbons (Fsp3) is 0.412. The maximum absolute atomic E-state index is 12.5. The lowest BCUT2D eigenvalue weighted by Crippen LogP contribution is -2.50. The summed E-state index contributed by atoms with van der Waals surface area (Å²) in [6.07, 6.45) is 8.68. The zero-order valence-corrected chi connectivity index (χ0v) is 26.8. The number of aromatic nitrogens is 2. The van der Waals surface area contributed by atoms with E-state index >= 15 is 0 Å². The van der Waals surface area contributed by atoms with Crippen LogP contribution in [0.3, 0.4) is 0 Å². The van der Waals surface area contributed by atoms with Crippen LogP contribution in [0.15, 0.2) is 55.4 Å². The van der Waals surface area contributed by atoms with E-state index in [0.717, 1.165) is 48.4 Å². The maximum Gasteiger partial charge on any atom is 0.247 e. The number of carbonyl (C=O) groups is 1. The number of methoxy groups -OCH3 is 1. The van der Waals surface area contributed by atoms with Crippen molar-refractivity contribution in [2.75, 3.05) is 75.3 Å². The predicted octanol–water partition coefficient (Wildman–Crippen LogP) is 5.05. The molecule has 2 aliphatic rings. The van der Waals surface area contributed by atoms with E-state index in [1.54, 1.807) is 7.11 Å². The molecular formula is C34H45N9O2. The summed E-state index contributed by atoms with van der Waals surface area (Å²) in [5.74, 6) is 0.909. The number of nitrogens with zero attached hydrogens (tertiary/aromatic N) is 5. The van der Waals surface area contributed by atoms with E-state index in [4.69, 9.17) is 10.1 Å². The van der Waals surface area contributed by atoms with E-state index in [1.165, 1.54) is 44.5 Å². The lowest BCUT2D eigenvalue weighted by molar-refractivity contribution is -0.111. The molecule has 1 amide bonds. The smallest absolute Gasteiger partial charge is 0.247 e. The second-order valence-electron chi connectivity index (χ2n) is 11.8. The van der Waals surface area contributed by atoms with Gasteiger partial charge in [0.2, 0.25) is 5.91 Å². The first-order chi connectivity index (χ1) is 21.8. The number of rotatable bonds is 11. The normalized spacial score (nSPS) is 16.5. The third kappa shape index (κ3) is 7.43. The van der Waals surface area contributed by atoms with Gasteiger partial charge in [-0.25, -0.2) is 9.97 Å². The van der Waals surface area contributed by atoms with Crippen molar-refractivity contribution < 1.29 is 9.53 Å². The van der Waals surface area contributed by atoms with Crippen molar-refractivity contribution in [1.29, 1.82) is 5.41 Å². The minimum absolute atomic E-state index is 0.283. The predicted molar refractivity (Wildman–Crippen MR) is 184 cm³/mol. The molecule has 0 aliphatic carbocycles. The van der Waals surface area contributed by atoms with Gasteiger partial charge in [-0.05, 0) is 70.1 Å². The van der Waals surface area contributed by atoms with E-state index in [1.807, 2.05) is 43.4 Å². The van der Waals surface area contributed by atoms with Crippen LogP contribution in [0, 0.1) is 5.41 Å². The number of benzene rings is 2. The highest BCUT2D eigenvalue weighted by Crippen LogP contribution is 2.40. The van der Waals surface area contributed by atoms with Crippen LogP contribution in [0.5, 0.6) is 5.75 Å². The van der Waals surface area contributed by atoms with Gasteiger partial charge in [-0.15, -0.1) is 0 Å². The van der Waals surface area contributed by atoms with Crippen LogP contribution in [0.4, 0.5) is 28.6 Å².